The van der Waals surface area contributed by atoms with E-state index in [0.29, 0.717) is 0 Å². The van der Waals surface area contributed by atoms with Crippen LogP contribution in [0.2, 0.25) is 0 Å². The molecule has 0 aliphatic rings. The molecule has 12 heteroatoms. The van der Waals surface area contributed by atoms with Crippen LogP contribution in [-0.2, 0) is 10.1 Å². The second-order valence-corrected chi connectivity index (χ2v) is 5.63. The van der Waals surface area contributed by atoms with Gasteiger partial charge >= 0.3 is 22.3 Å². The second-order valence-electron chi connectivity index (χ2n) is 4.11. The molecule has 0 saturated heterocycles. The lowest BCUT2D eigenvalue weighted by atomic mass is 10.3. The number of para-hydroxylation sites is 1. The van der Waals surface area contributed by atoms with Crippen LogP contribution in [0.5, 0.6) is 11.5 Å². The quantitative estimate of drug-likeness (QED) is 0.456. The number of halogens is 3. The molecule has 0 radical (unpaired) electrons. The zero-order valence-electron chi connectivity index (χ0n) is 11.4. The molecule has 0 saturated carbocycles. The molecule has 1 aromatic heterocycles. The highest BCUT2D eigenvalue weighted by molar-refractivity contribution is 7.87. The highest BCUT2D eigenvalue weighted by Crippen LogP contribution is 2.33. The first-order chi connectivity index (χ1) is 11.1. The molecule has 2 rings (SSSR count). The molecule has 0 aliphatic carbocycles. The van der Waals surface area contributed by atoms with Gasteiger partial charge in [0.15, 0.2) is 5.75 Å². The lowest BCUT2D eigenvalue weighted by Gasteiger charge is -2.13. The van der Waals surface area contributed by atoms with Crippen LogP contribution in [-0.4, -0.2) is 24.7 Å². The monoisotopic (exact) mass is 364 g/mol. The molecule has 8 nitrogen and oxygen atoms in total. The number of alkyl halides is 3. The number of hydrogen-bond acceptors (Lipinski definition) is 7. The van der Waals surface area contributed by atoms with Gasteiger partial charge < -0.3 is 19.0 Å². The summed E-state index contributed by atoms with van der Waals surface area (Å²) in [5, 5.41) is 10.8. The van der Waals surface area contributed by atoms with Crippen molar-refractivity contribution in [2.24, 2.45) is 0 Å². The lowest BCUT2D eigenvalue weighted by Crippen LogP contribution is -2.20. The van der Waals surface area contributed by atoms with Crippen molar-refractivity contribution in [3.05, 3.63) is 52.7 Å². The lowest BCUT2D eigenvalue weighted by molar-refractivity contribution is -0.390. The summed E-state index contributed by atoms with van der Waals surface area (Å²) in [6.45, 7) is 0. The minimum Gasteiger partial charge on any atom is -0.404 e. The maximum absolute atomic E-state index is 12.3. The summed E-state index contributed by atoms with van der Waals surface area (Å²) in [5.74, 6) is -2.68. The Morgan fingerprint density at radius 3 is 2.33 bits per heavy atom. The summed E-state index contributed by atoms with van der Waals surface area (Å²) >= 11 is 0. The van der Waals surface area contributed by atoms with E-state index in [-0.39, 0.29) is 0 Å². The minimum absolute atomic E-state index is 0.746. The fourth-order valence-corrected chi connectivity index (χ4v) is 2.67. The van der Waals surface area contributed by atoms with E-state index in [4.69, 9.17) is 0 Å². The van der Waals surface area contributed by atoms with Crippen LogP contribution in [0.25, 0.3) is 0 Å². The Balaban J connectivity index is 2.45. The Labute approximate surface area is 132 Å². The Morgan fingerprint density at radius 2 is 1.71 bits per heavy atom. The van der Waals surface area contributed by atoms with Gasteiger partial charge in [-0.25, -0.2) is 0 Å². The van der Waals surface area contributed by atoms with Crippen molar-refractivity contribution in [2.75, 3.05) is 0 Å². The van der Waals surface area contributed by atoms with E-state index in [2.05, 4.69) is 13.9 Å². The molecule has 24 heavy (non-hydrogen) atoms. The highest BCUT2D eigenvalue weighted by Gasteiger charge is 2.35. The Bertz CT molecular complexity index is 869. The van der Waals surface area contributed by atoms with Crippen molar-refractivity contribution >= 4 is 15.9 Å². The molecule has 0 fully saturated rings. The van der Waals surface area contributed by atoms with Crippen LogP contribution in [0.1, 0.15) is 0 Å². The third-order valence-electron chi connectivity index (χ3n) is 2.47. The Hall–Kier alpha value is -2.89. The van der Waals surface area contributed by atoms with Crippen LogP contribution in [0, 0.1) is 10.1 Å². The van der Waals surface area contributed by atoms with Gasteiger partial charge in [-0.15, -0.1) is 13.2 Å². The average Bonchev–Trinajstić information content (AvgIpc) is 2.46. The van der Waals surface area contributed by atoms with Gasteiger partial charge in [-0.3, -0.25) is 0 Å². The molecular formula is C12H7F3N2O6S. The number of pyridine rings is 1. The van der Waals surface area contributed by atoms with E-state index < -0.39 is 43.6 Å². The van der Waals surface area contributed by atoms with Crippen LogP contribution >= 0.6 is 0 Å². The van der Waals surface area contributed by atoms with Crippen molar-refractivity contribution < 1.29 is 35.4 Å². The maximum atomic E-state index is 12.3. The van der Waals surface area contributed by atoms with Gasteiger partial charge in [-0.05, 0) is 34.2 Å². The largest absolute Gasteiger partial charge is 0.573 e. The Morgan fingerprint density at radius 1 is 1.08 bits per heavy atom. The zero-order valence-corrected chi connectivity index (χ0v) is 12.2. The summed E-state index contributed by atoms with van der Waals surface area (Å²) in [7, 11) is -4.84. The second kappa shape index (κ2) is 6.31. The summed E-state index contributed by atoms with van der Waals surface area (Å²) in [5.41, 5.74) is 0. The van der Waals surface area contributed by atoms with E-state index in [1.165, 1.54) is 0 Å². The SMILES string of the molecule is O=[N+]([O-])c1ncccc1OS(=O)(=O)c1ccccc1OC(F)(F)F. The van der Waals surface area contributed by atoms with Crippen LogP contribution in [0.4, 0.5) is 19.0 Å². The highest BCUT2D eigenvalue weighted by atomic mass is 32.2. The number of hydrogen-bond donors (Lipinski definition) is 0. The molecule has 0 bridgehead atoms. The summed E-state index contributed by atoms with van der Waals surface area (Å²) in [4.78, 5) is 12.2. The van der Waals surface area contributed by atoms with Crippen molar-refractivity contribution in [1.29, 1.82) is 0 Å². The predicted octanol–water partition coefficient (Wildman–Crippen LogP) is 2.66. The van der Waals surface area contributed by atoms with E-state index in [1.807, 2.05) is 0 Å². The third-order valence-corrected chi connectivity index (χ3v) is 3.74. The molecule has 2 aromatic rings. The van der Waals surface area contributed by atoms with E-state index in [1.54, 1.807) is 0 Å². The van der Waals surface area contributed by atoms with Crippen molar-refractivity contribution in [3.8, 4) is 11.5 Å². The molecule has 1 aromatic carbocycles. The maximum Gasteiger partial charge on any atom is 0.573 e. The van der Waals surface area contributed by atoms with Gasteiger partial charge in [0, 0.05) is 0 Å². The number of nitrogens with zero attached hydrogens (tertiary/aromatic N) is 2. The van der Waals surface area contributed by atoms with Crippen LogP contribution in [0.15, 0.2) is 47.5 Å². The molecular weight excluding hydrogens is 357 g/mol. The number of ether oxygens (including phenoxy) is 1. The molecule has 0 spiro atoms. The van der Waals surface area contributed by atoms with Gasteiger partial charge in [0.25, 0.3) is 0 Å². The van der Waals surface area contributed by atoms with Gasteiger partial charge in [-0.2, -0.15) is 8.42 Å². The third kappa shape index (κ3) is 4.10. The van der Waals surface area contributed by atoms with Crippen molar-refractivity contribution in [1.82, 2.24) is 4.98 Å². The van der Waals surface area contributed by atoms with Gasteiger partial charge in [0.1, 0.15) is 11.1 Å². The standard InChI is InChI=1S/C12H7F3N2O6S/c13-12(14,15)22-8-4-1-2-6-10(8)24(20,21)23-9-5-3-7-16-11(9)17(18)19/h1-7H. The van der Waals surface area contributed by atoms with Crippen LogP contribution in [0.3, 0.4) is 0 Å². The average molecular weight is 364 g/mol. The summed E-state index contributed by atoms with van der Waals surface area (Å²) < 4.78 is 69.6. The van der Waals surface area contributed by atoms with Gasteiger partial charge in [0.2, 0.25) is 5.75 Å². The van der Waals surface area contributed by atoms with Crippen molar-refractivity contribution in [3.63, 3.8) is 0 Å². The van der Waals surface area contributed by atoms with Gasteiger partial charge in [0.05, 0.1) is 0 Å². The molecule has 0 N–H and O–H groups in total. The summed E-state index contributed by atoms with van der Waals surface area (Å²) in [6.07, 6.45) is -4.11. The number of aromatic nitrogens is 1. The fourth-order valence-electron chi connectivity index (χ4n) is 1.61. The first-order valence-electron chi connectivity index (χ1n) is 5.99. The normalized spacial score (nSPS) is 11.8. The fraction of sp³-hybridized carbons (Fsp3) is 0.0833. The molecule has 0 unspecified atom stereocenters. The topological polar surface area (TPSA) is 109 Å². The number of nitro groups is 1. The molecule has 0 atom stereocenters. The predicted molar refractivity (Wildman–Crippen MR) is 71.8 cm³/mol. The first kappa shape index (κ1) is 17.5. The summed E-state index contributed by atoms with van der Waals surface area (Å²) in [6, 6.07) is 5.93. The first-order valence-corrected chi connectivity index (χ1v) is 7.39. The number of benzene rings is 1. The molecule has 128 valence electrons. The van der Waals surface area contributed by atoms with E-state index in [9.17, 15) is 31.7 Å². The Kier molecular flexibility index (Phi) is 4.59. The zero-order chi connectivity index (χ0) is 18.0. The van der Waals surface area contributed by atoms with Gasteiger partial charge in [-0.1, -0.05) is 12.1 Å². The number of rotatable bonds is 5. The minimum atomic E-state index is -5.13. The van der Waals surface area contributed by atoms with E-state index in [0.717, 1.165) is 42.6 Å². The van der Waals surface area contributed by atoms with Crippen LogP contribution < -0.4 is 8.92 Å². The van der Waals surface area contributed by atoms with Crippen molar-refractivity contribution in [2.45, 2.75) is 11.3 Å². The van der Waals surface area contributed by atoms with E-state index >= 15 is 0 Å². The molecule has 0 aliphatic heterocycles. The molecule has 1 heterocycles. The molecule has 0 amide bonds. The smallest absolute Gasteiger partial charge is 0.404 e.